The van der Waals surface area contributed by atoms with Crippen molar-refractivity contribution in [1.29, 1.82) is 0 Å². The van der Waals surface area contributed by atoms with Gasteiger partial charge in [0.25, 0.3) is 0 Å². The largest absolute Gasteiger partial charge is 0.393 e. The second kappa shape index (κ2) is 4.86. The number of aliphatic hydroxyl groups excluding tert-OH is 1. The van der Waals surface area contributed by atoms with E-state index < -0.39 is 0 Å². The highest BCUT2D eigenvalue weighted by molar-refractivity contribution is 4.78. The van der Waals surface area contributed by atoms with Crippen LogP contribution in [0.1, 0.15) is 52.4 Å². The average molecular weight is 170 g/mol. The number of hydrogen-bond donors (Lipinski definition) is 1. The molecular formula is C11H22O. The summed E-state index contributed by atoms with van der Waals surface area (Å²) in [5.74, 6) is 1.47. The first-order valence-electron chi connectivity index (χ1n) is 5.42. The summed E-state index contributed by atoms with van der Waals surface area (Å²) in [6, 6.07) is 0. The van der Waals surface area contributed by atoms with E-state index in [-0.39, 0.29) is 6.10 Å². The quantitative estimate of drug-likeness (QED) is 0.687. The molecule has 0 aliphatic heterocycles. The molecule has 0 aromatic heterocycles. The van der Waals surface area contributed by atoms with Crippen molar-refractivity contribution in [3.8, 4) is 0 Å². The molecule has 1 fully saturated rings. The van der Waals surface area contributed by atoms with Gasteiger partial charge in [0.05, 0.1) is 6.10 Å². The van der Waals surface area contributed by atoms with Gasteiger partial charge in [-0.1, -0.05) is 33.1 Å². The molecule has 1 N–H and O–H groups in total. The molecule has 0 radical (unpaired) electrons. The molecule has 3 unspecified atom stereocenters. The molecule has 1 aliphatic carbocycles. The molecule has 12 heavy (non-hydrogen) atoms. The Morgan fingerprint density at radius 1 is 1.42 bits per heavy atom. The number of aliphatic hydroxyl groups is 1. The second-order valence-corrected chi connectivity index (χ2v) is 4.39. The van der Waals surface area contributed by atoms with E-state index in [0.29, 0.717) is 5.92 Å². The standard InChI is InChI=1S/C11H22O/c1-3-4-5-11(12)10-7-6-9(2)8-10/h9-12H,3-8H2,1-2H3. The first kappa shape index (κ1) is 10.0. The molecular weight excluding hydrogens is 148 g/mol. The van der Waals surface area contributed by atoms with Crippen LogP contribution in [0.15, 0.2) is 0 Å². The molecule has 0 bridgehead atoms. The molecule has 0 amide bonds. The van der Waals surface area contributed by atoms with E-state index >= 15 is 0 Å². The Kier molecular flexibility index (Phi) is 4.07. The highest BCUT2D eigenvalue weighted by Gasteiger charge is 2.26. The van der Waals surface area contributed by atoms with Crippen LogP contribution >= 0.6 is 0 Å². The molecule has 1 saturated carbocycles. The summed E-state index contributed by atoms with van der Waals surface area (Å²) < 4.78 is 0. The van der Waals surface area contributed by atoms with Crippen molar-refractivity contribution in [1.82, 2.24) is 0 Å². The lowest BCUT2D eigenvalue weighted by atomic mass is 9.95. The Morgan fingerprint density at radius 2 is 2.17 bits per heavy atom. The zero-order valence-electron chi connectivity index (χ0n) is 8.42. The van der Waals surface area contributed by atoms with Gasteiger partial charge in [0.1, 0.15) is 0 Å². The first-order chi connectivity index (χ1) is 5.74. The lowest BCUT2D eigenvalue weighted by Crippen LogP contribution is -2.17. The molecule has 0 aromatic rings. The summed E-state index contributed by atoms with van der Waals surface area (Å²) in [4.78, 5) is 0. The van der Waals surface area contributed by atoms with E-state index in [1.807, 2.05) is 0 Å². The number of hydrogen-bond acceptors (Lipinski definition) is 1. The van der Waals surface area contributed by atoms with Crippen molar-refractivity contribution in [3.05, 3.63) is 0 Å². The van der Waals surface area contributed by atoms with E-state index in [2.05, 4.69) is 13.8 Å². The van der Waals surface area contributed by atoms with Crippen LogP contribution in [0.2, 0.25) is 0 Å². The Hall–Kier alpha value is -0.0400. The van der Waals surface area contributed by atoms with Crippen molar-refractivity contribution < 1.29 is 5.11 Å². The van der Waals surface area contributed by atoms with Gasteiger partial charge in [-0.3, -0.25) is 0 Å². The van der Waals surface area contributed by atoms with Gasteiger partial charge in [-0.05, 0) is 31.1 Å². The monoisotopic (exact) mass is 170 g/mol. The van der Waals surface area contributed by atoms with Crippen molar-refractivity contribution >= 4 is 0 Å². The van der Waals surface area contributed by atoms with E-state index in [1.54, 1.807) is 0 Å². The number of unbranched alkanes of at least 4 members (excludes halogenated alkanes) is 1. The maximum Gasteiger partial charge on any atom is 0.0568 e. The van der Waals surface area contributed by atoms with Gasteiger partial charge >= 0.3 is 0 Å². The minimum Gasteiger partial charge on any atom is -0.393 e. The molecule has 3 atom stereocenters. The molecule has 72 valence electrons. The predicted molar refractivity (Wildman–Crippen MR) is 52.0 cm³/mol. The van der Waals surface area contributed by atoms with Crippen molar-refractivity contribution in [2.45, 2.75) is 58.5 Å². The summed E-state index contributed by atoms with van der Waals surface area (Å²) in [6.45, 7) is 4.48. The third kappa shape index (κ3) is 2.78. The molecule has 0 spiro atoms. The summed E-state index contributed by atoms with van der Waals surface area (Å²) in [6.07, 6.45) is 7.25. The summed E-state index contributed by atoms with van der Waals surface area (Å²) in [5.41, 5.74) is 0. The van der Waals surface area contributed by atoms with Gasteiger partial charge in [-0.25, -0.2) is 0 Å². The van der Waals surface area contributed by atoms with E-state index in [1.165, 1.54) is 32.1 Å². The van der Waals surface area contributed by atoms with Crippen LogP contribution in [0.3, 0.4) is 0 Å². The third-order valence-electron chi connectivity index (χ3n) is 3.13. The Labute approximate surface area is 76.2 Å². The fraction of sp³-hybridized carbons (Fsp3) is 1.00. The molecule has 1 rings (SSSR count). The Morgan fingerprint density at radius 3 is 2.67 bits per heavy atom. The van der Waals surface area contributed by atoms with Gasteiger partial charge in [-0.15, -0.1) is 0 Å². The Bertz CT molecular complexity index is 122. The summed E-state index contributed by atoms with van der Waals surface area (Å²) >= 11 is 0. The van der Waals surface area contributed by atoms with Gasteiger partial charge in [0.15, 0.2) is 0 Å². The number of rotatable bonds is 4. The fourth-order valence-electron chi connectivity index (χ4n) is 2.25. The highest BCUT2D eigenvalue weighted by atomic mass is 16.3. The minimum atomic E-state index is -0.00472. The maximum absolute atomic E-state index is 9.80. The molecule has 1 nitrogen and oxygen atoms in total. The topological polar surface area (TPSA) is 20.2 Å². The van der Waals surface area contributed by atoms with Crippen LogP contribution in [-0.4, -0.2) is 11.2 Å². The van der Waals surface area contributed by atoms with Gasteiger partial charge in [0.2, 0.25) is 0 Å². The Balaban J connectivity index is 2.18. The third-order valence-corrected chi connectivity index (χ3v) is 3.13. The van der Waals surface area contributed by atoms with Crippen LogP contribution < -0.4 is 0 Å². The fourth-order valence-corrected chi connectivity index (χ4v) is 2.25. The van der Waals surface area contributed by atoms with Crippen molar-refractivity contribution in [2.75, 3.05) is 0 Å². The van der Waals surface area contributed by atoms with E-state index in [9.17, 15) is 5.11 Å². The molecule has 1 aliphatic rings. The predicted octanol–water partition coefficient (Wildman–Crippen LogP) is 2.97. The maximum atomic E-state index is 9.80. The smallest absolute Gasteiger partial charge is 0.0568 e. The van der Waals surface area contributed by atoms with Crippen LogP contribution in [-0.2, 0) is 0 Å². The van der Waals surface area contributed by atoms with E-state index in [0.717, 1.165) is 12.3 Å². The summed E-state index contributed by atoms with van der Waals surface area (Å²) in [5, 5.41) is 9.80. The van der Waals surface area contributed by atoms with Crippen molar-refractivity contribution in [2.24, 2.45) is 11.8 Å². The zero-order chi connectivity index (χ0) is 8.97. The lowest BCUT2D eigenvalue weighted by Gasteiger charge is -2.17. The van der Waals surface area contributed by atoms with Gasteiger partial charge in [-0.2, -0.15) is 0 Å². The van der Waals surface area contributed by atoms with Crippen LogP contribution in [0.25, 0.3) is 0 Å². The second-order valence-electron chi connectivity index (χ2n) is 4.39. The van der Waals surface area contributed by atoms with Gasteiger partial charge < -0.3 is 5.11 Å². The van der Waals surface area contributed by atoms with Crippen molar-refractivity contribution in [3.63, 3.8) is 0 Å². The molecule has 0 saturated heterocycles. The first-order valence-corrected chi connectivity index (χ1v) is 5.42. The van der Waals surface area contributed by atoms with Crippen LogP contribution in [0, 0.1) is 11.8 Å². The minimum absolute atomic E-state index is 0.00472. The zero-order valence-corrected chi connectivity index (χ0v) is 8.42. The summed E-state index contributed by atoms with van der Waals surface area (Å²) in [7, 11) is 0. The SMILES string of the molecule is CCCCC(O)C1CCC(C)C1. The van der Waals surface area contributed by atoms with E-state index in [4.69, 9.17) is 0 Å². The average Bonchev–Trinajstić information content (AvgIpc) is 2.47. The molecule has 0 heterocycles. The molecule has 1 heteroatoms. The molecule has 0 aromatic carbocycles. The lowest BCUT2D eigenvalue weighted by molar-refractivity contribution is 0.0977. The van der Waals surface area contributed by atoms with Crippen LogP contribution in [0.5, 0.6) is 0 Å². The highest BCUT2D eigenvalue weighted by Crippen LogP contribution is 2.33. The van der Waals surface area contributed by atoms with Crippen LogP contribution in [0.4, 0.5) is 0 Å². The van der Waals surface area contributed by atoms with Gasteiger partial charge in [0, 0.05) is 0 Å². The normalized spacial score (nSPS) is 32.2.